The Morgan fingerprint density at radius 1 is 1.05 bits per heavy atom. The van der Waals surface area contributed by atoms with Crippen LogP contribution in [0.15, 0.2) is 42.5 Å². The first-order valence-electron chi connectivity index (χ1n) is 5.85. The summed E-state index contributed by atoms with van der Waals surface area (Å²) in [7, 11) is 0. The zero-order valence-corrected chi connectivity index (χ0v) is 11.9. The maximum Gasteiger partial charge on any atom is 0.159 e. The van der Waals surface area contributed by atoms with E-state index < -0.39 is 0 Å². The molecule has 0 unspecified atom stereocenters. The van der Waals surface area contributed by atoms with E-state index >= 15 is 0 Å². The molecule has 0 atom stereocenters. The molecule has 0 bridgehead atoms. The van der Waals surface area contributed by atoms with Crippen molar-refractivity contribution in [3.05, 3.63) is 63.6 Å². The Morgan fingerprint density at radius 3 is 2.32 bits per heavy atom. The van der Waals surface area contributed by atoms with E-state index in [1.807, 2.05) is 24.3 Å². The van der Waals surface area contributed by atoms with Gasteiger partial charge in [0, 0.05) is 17.8 Å². The van der Waals surface area contributed by atoms with Crippen molar-refractivity contribution in [1.82, 2.24) is 0 Å². The lowest BCUT2D eigenvalue weighted by molar-refractivity contribution is 0.101. The molecule has 2 aromatic carbocycles. The Balaban J connectivity index is 2.01. The molecule has 0 aromatic heterocycles. The summed E-state index contributed by atoms with van der Waals surface area (Å²) in [6.45, 7) is 2.20. The van der Waals surface area contributed by atoms with Gasteiger partial charge in [-0.05, 0) is 48.9 Å². The van der Waals surface area contributed by atoms with Gasteiger partial charge in [-0.1, -0.05) is 29.3 Å². The fourth-order valence-electron chi connectivity index (χ4n) is 1.68. The van der Waals surface area contributed by atoms with Crippen LogP contribution < -0.4 is 5.32 Å². The van der Waals surface area contributed by atoms with E-state index in [4.69, 9.17) is 23.2 Å². The lowest BCUT2D eigenvalue weighted by Gasteiger charge is -2.08. The number of carbonyl (C=O) groups excluding carboxylic acids is 1. The Kier molecular flexibility index (Phi) is 4.46. The molecular formula is C15H13Cl2NO. The smallest absolute Gasteiger partial charge is 0.159 e. The molecule has 0 heterocycles. The molecule has 98 valence electrons. The minimum atomic E-state index is 0.0658. The van der Waals surface area contributed by atoms with Crippen molar-refractivity contribution in [2.45, 2.75) is 13.5 Å². The second-order valence-corrected chi connectivity index (χ2v) is 5.05. The fourth-order valence-corrected chi connectivity index (χ4v) is 2.00. The van der Waals surface area contributed by atoms with E-state index in [1.165, 1.54) is 0 Å². The third-order valence-electron chi connectivity index (χ3n) is 2.77. The molecule has 19 heavy (non-hydrogen) atoms. The Hall–Kier alpha value is -1.51. The minimum Gasteiger partial charge on any atom is -0.381 e. The van der Waals surface area contributed by atoms with Crippen LogP contribution in [0.5, 0.6) is 0 Å². The van der Waals surface area contributed by atoms with E-state index in [0.717, 1.165) is 11.3 Å². The fraction of sp³-hybridized carbons (Fsp3) is 0.133. The van der Waals surface area contributed by atoms with Gasteiger partial charge >= 0.3 is 0 Å². The number of hydrogen-bond donors (Lipinski definition) is 1. The van der Waals surface area contributed by atoms with Crippen molar-refractivity contribution < 1.29 is 4.79 Å². The molecular weight excluding hydrogens is 281 g/mol. The van der Waals surface area contributed by atoms with E-state index in [1.54, 1.807) is 25.1 Å². The number of benzene rings is 2. The lowest BCUT2D eigenvalue weighted by atomic mass is 10.1. The van der Waals surface area contributed by atoms with Crippen molar-refractivity contribution >= 4 is 34.7 Å². The largest absolute Gasteiger partial charge is 0.381 e. The molecule has 2 rings (SSSR count). The van der Waals surface area contributed by atoms with E-state index in [9.17, 15) is 4.79 Å². The standard InChI is InChI=1S/C15H13Cl2NO/c1-10(19)12-3-5-13(6-4-12)18-9-11-2-7-14(16)15(17)8-11/h2-8,18H,9H2,1H3. The first-order valence-corrected chi connectivity index (χ1v) is 6.60. The number of halogens is 2. The number of anilines is 1. The molecule has 0 saturated carbocycles. The topological polar surface area (TPSA) is 29.1 Å². The highest BCUT2D eigenvalue weighted by Crippen LogP contribution is 2.23. The van der Waals surface area contributed by atoms with Crippen LogP contribution in [-0.2, 0) is 6.54 Å². The van der Waals surface area contributed by atoms with Crippen LogP contribution in [0.3, 0.4) is 0 Å². The minimum absolute atomic E-state index is 0.0658. The van der Waals surface area contributed by atoms with Gasteiger partial charge < -0.3 is 5.32 Å². The van der Waals surface area contributed by atoms with Gasteiger partial charge in [0.05, 0.1) is 10.0 Å². The van der Waals surface area contributed by atoms with Gasteiger partial charge in [-0.25, -0.2) is 0 Å². The molecule has 0 aliphatic carbocycles. The second-order valence-electron chi connectivity index (χ2n) is 4.24. The van der Waals surface area contributed by atoms with Gasteiger partial charge in [0.25, 0.3) is 0 Å². The summed E-state index contributed by atoms with van der Waals surface area (Å²) < 4.78 is 0. The molecule has 0 spiro atoms. The summed E-state index contributed by atoms with van der Waals surface area (Å²) >= 11 is 11.8. The number of nitrogens with one attached hydrogen (secondary N) is 1. The van der Waals surface area contributed by atoms with Crippen LogP contribution in [0.2, 0.25) is 10.0 Å². The monoisotopic (exact) mass is 293 g/mol. The van der Waals surface area contributed by atoms with Crippen molar-refractivity contribution in [1.29, 1.82) is 0 Å². The van der Waals surface area contributed by atoms with Crippen molar-refractivity contribution in [3.8, 4) is 0 Å². The highest BCUT2D eigenvalue weighted by atomic mass is 35.5. The molecule has 1 N–H and O–H groups in total. The van der Waals surface area contributed by atoms with Crippen LogP contribution in [-0.4, -0.2) is 5.78 Å². The number of Topliss-reactive ketones (excluding diaryl/α,β-unsaturated/α-hetero) is 1. The summed E-state index contributed by atoms with van der Waals surface area (Å²) in [5.74, 6) is 0.0658. The number of carbonyl (C=O) groups is 1. The van der Waals surface area contributed by atoms with Crippen LogP contribution in [0, 0.1) is 0 Å². The Morgan fingerprint density at radius 2 is 1.74 bits per heavy atom. The first-order chi connectivity index (χ1) is 9.06. The van der Waals surface area contributed by atoms with Crippen LogP contribution >= 0.6 is 23.2 Å². The molecule has 0 fully saturated rings. The number of rotatable bonds is 4. The molecule has 2 nitrogen and oxygen atoms in total. The van der Waals surface area contributed by atoms with Gasteiger partial charge in [-0.2, -0.15) is 0 Å². The summed E-state index contributed by atoms with van der Waals surface area (Å²) in [6, 6.07) is 12.9. The highest BCUT2D eigenvalue weighted by Gasteiger charge is 2.01. The highest BCUT2D eigenvalue weighted by molar-refractivity contribution is 6.42. The van der Waals surface area contributed by atoms with E-state index in [2.05, 4.69) is 5.32 Å². The second kappa shape index (κ2) is 6.09. The molecule has 4 heteroatoms. The summed E-state index contributed by atoms with van der Waals surface area (Å²) in [5, 5.41) is 4.36. The third kappa shape index (κ3) is 3.72. The molecule has 0 saturated heterocycles. The average molecular weight is 294 g/mol. The van der Waals surface area contributed by atoms with E-state index in [-0.39, 0.29) is 5.78 Å². The van der Waals surface area contributed by atoms with Gasteiger partial charge in [-0.15, -0.1) is 0 Å². The average Bonchev–Trinajstić information content (AvgIpc) is 2.40. The van der Waals surface area contributed by atoms with Gasteiger partial charge in [0.1, 0.15) is 0 Å². The molecule has 2 aromatic rings. The Bertz CT molecular complexity index is 594. The van der Waals surface area contributed by atoms with Crippen molar-refractivity contribution in [3.63, 3.8) is 0 Å². The summed E-state index contributed by atoms with van der Waals surface area (Å²) in [4.78, 5) is 11.2. The third-order valence-corrected chi connectivity index (χ3v) is 3.51. The Labute approximate surface area is 122 Å². The van der Waals surface area contributed by atoms with Crippen LogP contribution in [0.4, 0.5) is 5.69 Å². The molecule has 0 radical (unpaired) electrons. The molecule has 0 aliphatic heterocycles. The first kappa shape index (κ1) is 13.9. The predicted octanol–water partition coefficient (Wildman–Crippen LogP) is 4.81. The quantitative estimate of drug-likeness (QED) is 0.820. The summed E-state index contributed by atoms with van der Waals surface area (Å²) in [6.07, 6.45) is 0. The van der Waals surface area contributed by atoms with Crippen LogP contribution in [0.1, 0.15) is 22.8 Å². The lowest BCUT2D eigenvalue weighted by Crippen LogP contribution is -2.00. The van der Waals surface area contributed by atoms with Gasteiger partial charge in [0.15, 0.2) is 5.78 Å². The SMILES string of the molecule is CC(=O)c1ccc(NCc2ccc(Cl)c(Cl)c2)cc1. The zero-order valence-electron chi connectivity index (χ0n) is 10.4. The molecule has 0 amide bonds. The maximum absolute atomic E-state index is 11.2. The zero-order chi connectivity index (χ0) is 13.8. The van der Waals surface area contributed by atoms with Crippen LogP contribution in [0.25, 0.3) is 0 Å². The van der Waals surface area contributed by atoms with Crippen molar-refractivity contribution in [2.75, 3.05) is 5.32 Å². The van der Waals surface area contributed by atoms with E-state index in [0.29, 0.717) is 22.2 Å². The normalized spacial score (nSPS) is 10.3. The van der Waals surface area contributed by atoms with Gasteiger partial charge in [0.2, 0.25) is 0 Å². The summed E-state index contributed by atoms with van der Waals surface area (Å²) in [5.41, 5.74) is 2.71. The number of ketones is 1. The molecule has 0 aliphatic rings. The van der Waals surface area contributed by atoms with Gasteiger partial charge in [-0.3, -0.25) is 4.79 Å². The predicted molar refractivity (Wildman–Crippen MR) is 80.2 cm³/mol. The van der Waals surface area contributed by atoms with Crippen molar-refractivity contribution in [2.24, 2.45) is 0 Å². The maximum atomic E-state index is 11.2. The number of hydrogen-bond acceptors (Lipinski definition) is 2.